The van der Waals surface area contributed by atoms with Gasteiger partial charge in [-0.15, -0.1) is 11.6 Å². The van der Waals surface area contributed by atoms with Crippen molar-refractivity contribution >= 4 is 50.3 Å². The van der Waals surface area contributed by atoms with Gasteiger partial charge in [-0.25, -0.2) is 0 Å². The van der Waals surface area contributed by atoms with Gasteiger partial charge in [0.05, 0.1) is 5.88 Å². The van der Waals surface area contributed by atoms with Crippen LogP contribution in [0.3, 0.4) is 0 Å². The molecular weight excluding hydrogens is 289 g/mol. The first-order valence-corrected chi connectivity index (χ1v) is 6.07. The topological polar surface area (TPSA) is 32.9 Å². The lowest BCUT2D eigenvalue weighted by molar-refractivity contribution is -0.112. The van der Waals surface area contributed by atoms with E-state index in [1.165, 1.54) is 6.08 Å². The Bertz CT molecular complexity index is 559. The molecular formula is C12H9BrClNO. The minimum Gasteiger partial charge on any atom is -0.361 e. The van der Waals surface area contributed by atoms with E-state index in [1.54, 1.807) is 6.08 Å². The van der Waals surface area contributed by atoms with Crippen molar-refractivity contribution in [3.63, 3.8) is 0 Å². The van der Waals surface area contributed by atoms with Crippen molar-refractivity contribution in [1.82, 2.24) is 4.98 Å². The molecule has 1 heterocycles. The molecule has 2 aromatic rings. The van der Waals surface area contributed by atoms with Crippen LogP contribution >= 0.6 is 27.5 Å². The molecule has 0 aliphatic carbocycles. The number of aromatic amines is 1. The number of alkyl halides is 1. The van der Waals surface area contributed by atoms with Crippen LogP contribution in [0.2, 0.25) is 0 Å². The zero-order valence-corrected chi connectivity index (χ0v) is 10.7. The average Bonchev–Trinajstić information content (AvgIpc) is 2.68. The second kappa shape index (κ2) is 4.85. The number of hydrogen-bond donors (Lipinski definition) is 1. The van der Waals surface area contributed by atoms with E-state index in [1.807, 2.05) is 24.4 Å². The molecule has 0 spiro atoms. The lowest BCUT2D eigenvalue weighted by Gasteiger charge is -1.93. The highest BCUT2D eigenvalue weighted by molar-refractivity contribution is 9.10. The van der Waals surface area contributed by atoms with Crippen molar-refractivity contribution in [3.8, 4) is 0 Å². The Morgan fingerprint density at radius 2 is 2.31 bits per heavy atom. The Morgan fingerprint density at radius 1 is 1.50 bits per heavy atom. The Morgan fingerprint density at radius 3 is 3.06 bits per heavy atom. The summed E-state index contributed by atoms with van der Waals surface area (Å²) in [6.45, 7) is 0. The van der Waals surface area contributed by atoms with Gasteiger partial charge < -0.3 is 4.98 Å². The van der Waals surface area contributed by atoms with Gasteiger partial charge in [0.2, 0.25) is 0 Å². The van der Waals surface area contributed by atoms with Crippen LogP contribution in [0, 0.1) is 0 Å². The normalized spacial score (nSPS) is 11.4. The van der Waals surface area contributed by atoms with Crippen LogP contribution in [0.5, 0.6) is 0 Å². The molecule has 2 rings (SSSR count). The maximum Gasteiger partial charge on any atom is 0.170 e. The molecule has 2 nitrogen and oxygen atoms in total. The number of hydrogen-bond acceptors (Lipinski definition) is 1. The molecule has 0 aliphatic heterocycles. The van der Waals surface area contributed by atoms with Gasteiger partial charge in [-0.1, -0.05) is 22.0 Å². The molecule has 0 bridgehead atoms. The fourth-order valence-electron chi connectivity index (χ4n) is 1.49. The molecule has 0 radical (unpaired) electrons. The van der Waals surface area contributed by atoms with Gasteiger partial charge in [0.25, 0.3) is 0 Å². The number of ketones is 1. The Kier molecular flexibility index (Phi) is 3.46. The SMILES string of the molecule is O=C(C=Cc1c[nH]c2cc(Br)ccc12)CCl. The zero-order chi connectivity index (χ0) is 11.5. The predicted octanol–water partition coefficient (Wildman–Crippen LogP) is 3.75. The number of carbonyl (C=O) groups is 1. The maximum absolute atomic E-state index is 11.1. The first kappa shape index (κ1) is 11.4. The highest BCUT2D eigenvalue weighted by Crippen LogP contribution is 2.23. The van der Waals surface area contributed by atoms with Gasteiger partial charge in [0, 0.05) is 21.6 Å². The van der Waals surface area contributed by atoms with Crippen molar-refractivity contribution in [1.29, 1.82) is 0 Å². The van der Waals surface area contributed by atoms with Gasteiger partial charge in [0.15, 0.2) is 5.78 Å². The lowest BCUT2D eigenvalue weighted by atomic mass is 10.1. The van der Waals surface area contributed by atoms with E-state index in [4.69, 9.17) is 11.6 Å². The number of fused-ring (bicyclic) bond motifs is 1. The quantitative estimate of drug-likeness (QED) is 0.679. The second-order valence-corrected chi connectivity index (χ2v) is 4.55. The number of nitrogens with one attached hydrogen (secondary N) is 1. The molecule has 0 saturated heterocycles. The molecule has 0 fully saturated rings. The molecule has 1 N–H and O–H groups in total. The van der Waals surface area contributed by atoms with Gasteiger partial charge >= 0.3 is 0 Å². The van der Waals surface area contributed by atoms with Crippen molar-refractivity contribution in [2.24, 2.45) is 0 Å². The van der Waals surface area contributed by atoms with Crippen LogP contribution in [0.25, 0.3) is 17.0 Å². The number of carbonyl (C=O) groups excluding carboxylic acids is 1. The molecule has 0 saturated carbocycles. The van der Waals surface area contributed by atoms with Crippen molar-refractivity contribution in [3.05, 3.63) is 40.5 Å². The molecule has 0 aliphatic rings. The number of rotatable bonds is 3. The first-order valence-electron chi connectivity index (χ1n) is 4.74. The Labute approximate surface area is 106 Å². The number of benzene rings is 1. The molecule has 0 atom stereocenters. The monoisotopic (exact) mass is 297 g/mol. The summed E-state index contributed by atoms with van der Waals surface area (Å²) in [5.74, 6) is -0.0714. The zero-order valence-electron chi connectivity index (χ0n) is 8.34. The smallest absolute Gasteiger partial charge is 0.170 e. The molecule has 16 heavy (non-hydrogen) atoms. The van der Waals surface area contributed by atoms with Crippen LogP contribution in [0.4, 0.5) is 0 Å². The van der Waals surface area contributed by atoms with E-state index in [2.05, 4.69) is 20.9 Å². The molecule has 4 heteroatoms. The standard InChI is InChI=1S/C12H9BrClNO/c13-9-2-4-11-8(1-3-10(16)6-14)7-15-12(11)5-9/h1-5,7,15H,6H2. The van der Waals surface area contributed by atoms with E-state index in [0.29, 0.717) is 0 Å². The van der Waals surface area contributed by atoms with Crippen molar-refractivity contribution in [2.75, 3.05) is 5.88 Å². The first-order chi connectivity index (χ1) is 7.70. The van der Waals surface area contributed by atoms with Crippen LogP contribution in [0.1, 0.15) is 5.56 Å². The lowest BCUT2D eigenvalue weighted by Crippen LogP contribution is -1.91. The summed E-state index contributed by atoms with van der Waals surface area (Å²) < 4.78 is 1.02. The fourth-order valence-corrected chi connectivity index (χ4v) is 1.94. The molecule has 1 aromatic carbocycles. The third-order valence-electron chi connectivity index (χ3n) is 2.26. The Balaban J connectivity index is 2.39. The van der Waals surface area contributed by atoms with Crippen molar-refractivity contribution in [2.45, 2.75) is 0 Å². The van der Waals surface area contributed by atoms with E-state index in [-0.39, 0.29) is 11.7 Å². The fraction of sp³-hybridized carbons (Fsp3) is 0.0833. The van der Waals surface area contributed by atoms with E-state index < -0.39 is 0 Å². The minimum atomic E-state index is -0.0897. The second-order valence-electron chi connectivity index (χ2n) is 3.37. The predicted molar refractivity (Wildman–Crippen MR) is 70.8 cm³/mol. The maximum atomic E-state index is 11.1. The number of allylic oxidation sites excluding steroid dienone is 1. The summed E-state index contributed by atoms with van der Waals surface area (Å²) in [7, 11) is 0. The van der Waals surface area contributed by atoms with E-state index in [0.717, 1.165) is 20.9 Å². The number of H-pyrrole nitrogens is 1. The van der Waals surface area contributed by atoms with Gasteiger partial charge in [0.1, 0.15) is 0 Å². The Hall–Kier alpha value is -1.06. The van der Waals surface area contributed by atoms with Crippen LogP contribution in [0.15, 0.2) is 34.9 Å². The third kappa shape index (κ3) is 2.36. The molecule has 0 unspecified atom stereocenters. The largest absolute Gasteiger partial charge is 0.361 e. The van der Waals surface area contributed by atoms with Gasteiger partial charge in [-0.05, 0) is 29.8 Å². The van der Waals surface area contributed by atoms with E-state index in [9.17, 15) is 4.79 Å². The molecule has 0 amide bonds. The number of aromatic nitrogens is 1. The van der Waals surface area contributed by atoms with Crippen molar-refractivity contribution < 1.29 is 4.79 Å². The summed E-state index contributed by atoms with van der Waals surface area (Å²) >= 11 is 8.82. The minimum absolute atomic E-state index is 0.0183. The summed E-state index contributed by atoms with van der Waals surface area (Å²) in [5, 5.41) is 1.09. The average molecular weight is 299 g/mol. The third-order valence-corrected chi connectivity index (χ3v) is 3.01. The summed E-state index contributed by atoms with van der Waals surface area (Å²) in [4.78, 5) is 14.2. The van der Waals surface area contributed by atoms with Crippen LogP contribution in [-0.2, 0) is 4.79 Å². The molecule has 82 valence electrons. The van der Waals surface area contributed by atoms with Crippen LogP contribution < -0.4 is 0 Å². The van der Waals surface area contributed by atoms with Crippen LogP contribution in [-0.4, -0.2) is 16.6 Å². The highest BCUT2D eigenvalue weighted by Gasteiger charge is 2.01. The molecule has 1 aromatic heterocycles. The number of halogens is 2. The highest BCUT2D eigenvalue weighted by atomic mass is 79.9. The summed E-state index contributed by atoms with van der Waals surface area (Å²) in [5.41, 5.74) is 2.02. The summed E-state index contributed by atoms with van der Waals surface area (Å²) in [6, 6.07) is 5.97. The summed E-state index contributed by atoms with van der Waals surface area (Å²) in [6.07, 6.45) is 5.14. The van der Waals surface area contributed by atoms with Gasteiger partial charge in [-0.2, -0.15) is 0 Å². The van der Waals surface area contributed by atoms with E-state index >= 15 is 0 Å². The van der Waals surface area contributed by atoms with Gasteiger partial charge in [-0.3, -0.25) is 4.79 Å².